The van der Waals surface area contributed by atoms with Crippen molar-refractivity contribution in [1.82, 2.24) is 9.55 Å². The monoisotopic (exact) mass is 341 g/mol. The Morgan fingerprint density at radius 2 is 1.96 bits per heavy atom. The standard InChI is InChI=1S/C18H16ClN3O2/c19-14-7-5-13(6-8-14)17(23)11-18(24)21-15-3-1-2-4-16(15)22-10-9-20-12-22/h1-10,12,17,23H,11H2,(H,21,24). The van der Waals surface area contributed by atoms with Crippen molar-refractivity contribution in [2.75, 3.05) is 5.32 Å². The van der Waals surface area contributed by atoms with Crippen molar-refractivity contribution in [3.05, 3.63) is 77.8 Å². The molecule has 1 atom stereocenters. The SMILES string of the molecule is O=C(CC(O)c1ccc(Cl)cc1)Nc1ccccc1-n1ccnc1. The lowest BCUT2D eigenvalue weighted by atomic mass is 10.1. The van der Waals surface area contributed by atoms with E-state index in [4.69, 9.17) is 11.6 Å². The topological polar surface area (TPSA) is 67.2 Å². The summed E-state index contributed by atoms with van der Waals surface area (Å²) >= 11 is 5.83. The molecule has 2 N–H and O–H groups in total. The second-order valence-electron chi connectivity index (χ2n) is 5.31. The van der Waals surface area contributed by atoms with Crippen LogP contribution in [-0.2, 0) is 4.79 Å². The Morgan fingerprint density at radius 1 is 1.21 bits per heavy atom. The van der Waals surface area contributed by atoms with Gasteiger partial charge >= 0.3 is 0 Å². The fourth-order valence-corrected chi connectivity index (χ4v) is 2.51. The zero-order valence-corrected chi connectivity index (χ0v) is 13.5. The first-order chi connectivity index (χ1) is 11.6. The highest BCUT2D eigenvalue weighted by atomic mass is 35.5. The van der Waals surface area contributed by atoms with E-state index in [-0.39, 0.29) is 12.3 Å². The molecular formula is C18H16ClN3O2. The van der Waals surface area contributed by atoms with Gasteiger partial charge in [0.1, 0.15) is 0 Å². The fraction of sp³-hybridized carbons (Fsp3) is 0.111. The van der Waals surface area contributed by atoms with Gasteiger partial charge in [0.15, 0.2) is 0 Å². The van der Waals surface area contributed by atoms with E-state index < -0.39 is 6.10 Å². The first kappa shape index (κ1) is 16.2. The van der Waals surface area contributed by atoms with Gasteiger partial charge in [0.25, 0.3) is 0 Å². The molecule has 3 aromatic rings. The highest BCUT2D eigenvalue weighted by molar-refractivity contribution is 6.30. The normalized spacial score (nSPS) is 11.9. The number of imidazole rings is 1. The minimum Gasteiger partial charge on any atom is -0.388 e. The van der Waals surface area contributed by atoms with E-state index >= 15 is 0 Å². The van der Waals surface area contributed by atoms with E-state index in [1.165, 1.54) is 0 Å². The number of amides is 1. The average molecular weight is 342 g/mol. The molecule has 1 amide bonds. The molecule has 122 valence electrons. The van der Waals surface area contributed by atoms with Gasteiger partial charge in [-0.1, -0.05) is 35.9 Å². The molecule has 0 fully saturated rings. The lowest BCUT2D eigenvalue weighted by molar-refractivity contribution is -0.118. The Labute approximate surface area is 144 Å². The van der Waals surface area contributed by atoms with Crippen molar-refractivity contribution in [1.29, 1.82) is 0 Å². The Hall–Kier alpha value is -2.63. The molecule has 1 aromatic heterocycles. The third-order valence-corrected chi connectivity index (χ3v) is 3.85. The van der Waals surface area contributed by atoms with E-state index in [2.05, 4.69) is 10.3 Å². The van der Waals surface area contributed by atoms with Gasteiger partial charge in [0.2, 0.25) is 5.91 Å². The number of aromatic nitrogens is 2. The van der Waals surface area contributed by atoms with Crippen molar-refractivity contribution >= 4 is 23.2 Å². The van der Waals surface area contributed by atoms with E-state index in [0.29, 0.717) is 16.3 Å². The lowest BCUT2D eigenvalue weighted by Gasteiger charge is -2.14. The number of aliphatic hydroxyl groups excluding tert-OH is 1. The highest BCUT2D eigenvalue weighted by Crippen LogP contribution is 2.22. The number of carbonyl (C=O) groups is 1. The van der Waals surface area contributed by atoms with Crippen LogP contribution in [0.25, 0.3) is 5.69 Å². The maximum Gasteiger partial charge on any atom is 0.227 e. The minimum absolute atomic E-state index is 0.0418. The molecule has 0 radical (unpaired) electrons. The molecule has 5 nitrogen and oxygen atoms in total. The molecule has 6 heteroatoms. The summed E-state index contributed by atoms with van der Waals surface area (Å²) in [5.74, 6) is -0.273. The molecule has 24 heavy (non-hydrogen) atoms. The van der Waals surface area contributed by atoms with Crippen LogP contribution < -0.4 is 5.32 Å². The average Bonchev–Trinajstić information content (AvgIpc) is 3.10. The molecule has 0 saturated heterocycles. The predicted octanol–water partition coefficient (Wildman–Crippen LogP) is 3.59. The van der Waals surface area contributed by atoms with Gasteiger partial charge in [0.05, 0.1) is 30.2 Å². The number of carbonyl (C=O) groups excluding carboxylic acids is 1. The van der Waals surface area contributed by atoms with Crippen molar-refractivity contribution in [2.24, 2.45) is 0 Å². The van der Waals surface area contributed by atoms with Gasteiger partial charge in [-0.05, 0) is 29.8 Å². The largest absolute Gasteiger partial charge is 0.388 e. The van der Waals surface area contributed by atoms with E-state index in [9.17, 15) is 9.90 Å². The predicted molar refractivity (Wildman–Crippen MR) is 93.2 cm³/mol. The zero-order chi connectivity index (χ0) is 16.9. The Morgan fingerprint density at radius 3 is 2.67 bits per heavy atom. The number of halogens is 1. The summed E-state index contributed by atoms with van der Waals surface area (Å²) in [5.41, 5.74) is 2.12. The van der Waals surface area contributed by atoms with Gasteiger partial charge in [-0.25, -0.2) is 4.98 Å². The molecule has 0 aliphatic rings. The minimum atomic E-state index is -0.886. The number of hydrogen-bond donors (Lipinski definition) is 2. The molecular weight excluding hydrogens is 326 g/mol. The molecule has 0 saturated carbocycles. The molecule has 0 bridgehead atoms. The first-order valence-corrected chi connectivity index (χ1v) is 7.82. The first-order valence-electron chi connectivity index (χ1n) is 7.44. The molecule has 1 unspecified atom stereocenters. The molecule has 2 aromatic carbocycles. The maximum atomic E-state index is 12.3. The number of anilines is 1. The van der Waals surface area contributed by atoms with Crippen LogP contribution in [0.4, 0.5) is 5.69 Å². The zero-order valence-electron chi connectivity index (χ0n) is 12.8. The van der Waals surface area contributed by atoms with Crippen LogP contribution in [0.3, 0.4) is 0 Å². The summed E-state index contributed by atoms with van der Waals surface area (Å²) in [6, 6.07) is 14.2. The Balaban J connectivity index is 1.70. The number of aliphatic hydroxyl groups is 1. The van der Waals surface area contributed by atoms with Crippen molar-refractivity contribution in [3.63, 3.8) is 0 Å². The quantitative estimate of drug-likeness (QED) is 0.745. The van der Waals surface area contributed by atoms with Crippen molar-refractivity contribution in [2.45, 2.75) is 12.5 Å². The molecule has 3 rings (SSSR count). The smallest absolute Gasteiger partial charge is 0.227 e. The van der Waals surface area contributed by atoms with Crippen molar-refractivity contribution in [3.8, 4) is 5.69 Å². The third-order valence-electron chi connectivity index (χ3n) is 3.59. The summed E-state index contributed by atoms with van der Waals surface area (Å²) in [5, 5.41) is 13.6. The molecule has 1 heterocycles. The molecule has 0 spiro atoms. The number of nitrogens with zero attached hydrogens (tertiary/aromatic N) is 2. The van der Waals surface area contributed by atoms with E-state index in [0.717, 1.165) is 5.69 Å². The lowest BCUT2D eigenvalue weighted by Crippen LogP contribution is -2.16. The third kappa shape index (κ3) is 3.82. The maximum absolute atomic E-state index is 12.3. The summed E-state index contributed by atoms with van der Waals surface area (Å²) in [4.78, 5) is 16.3. The molecule has 0 aliphatic carbocycles. The van der Waals surface area contributed by atoms with Crippen LogP contribution in [0.15, 0.2) is 67.3 Å². The highest BCUT2D eigenvalue weighted by Gasteiger charge is 2.14. The Bertz CT molecular complexity index is 817. The van der Waals surface area contributed by atoms with Gasteiger partial charge < -0.3 is 15.0 Å². The van der Waals surface area contributed by atoms with Crippen LogP contribution >= 0.6 is 11.6 Å². The van der Waals surface area contributed by atoms with Crippen LogP contribution in [0.2, 0.25) is 5.02 Å². The summed E-state index contributed by atoms with van der Waals surface area (Å²) in [6.07, 6.45) is 4.20. The summed E-state index contributed by atoms with van der Waals surface area (Å²) in [6.45, 7) is 0. The number of nitrogens with one attached hydrogen (secondary N) is 1. The van der Waals surface area contributed by atoms with Gasteiger partial charge in [0, 0.05) is 17.4 Å². The van der Waals surface area contributed by atoms with Gasteiger partial charge in [-0.2, -0.15) is 0 Å². The van der Waals surface area contributed by atoms with Gasteiger partial charge in [-0.15, -0.1) is 0 Å². The molecule has 0 aliphatic heterocycles. The van der Waals surface area contributed by atoms with Crippen LogP contribution in [-0.4, -0.2) is 20.6 Å². The number of rotatable bonds is 5. The van der Waals surface area contributed by atoms with Gasteiger partial charge in [-0.3, -0.25) is 4.79 Å². The van der Waals surface area contributed by atoms with Crippen LogP contribution in [0, 0.1) is 0 Å². The van der Waals surface area contributed by atoms with E-state index in [1.54, 1.807) is 43.0 Å². The van der Waals surface area contributed by atoms with Crippen molar-refractivity contribution < 1.29 is 9.90 Å². The van der Waals surface area contributed by atoms with Crippen LogP contribution in [0.5, 0.6) is 0 Å². The second-order valence-corrected chi connectivity index (χ2v) is 5.74. The summed E-state index contributed by atoms with van der Waals surface area (Å²) < 4.78 is 1.81. The second kappa shape index (κ2) is 7.29. The fourth-order valence-electron chi connectivity index (χ4n) is 2.39. The number of hydrogen-bond acceptors (Lipinski definition) is 3. The number of para-hydroxylation sites is 2. The number of benzene rings is 2. The van der Waals surface area contributed by atoms with E-state index in [1.807, 2.05) is 28.8 Å². The van der Waals surface area contributed by atoms with Crippen LogP contribution in [0.1, 0.15) is 18.1 Å². The summed E-state index contributed by atoms with van der Waals surface area (Å²) in [7, 11) is 0. The Kier molecular flexibility index (Phi) is 4.93.